The molecule has 33 heavy (non-hydrogen) atoms. The largest absolute Gasteiger partial charge is 0.340 e. The molecule has 9 nitrogen and oxygen atoms in total. The number of urea groups is 1. The second-order valence-electron chi connectivity index (χ2n) is 7.99. The van der Waals surface area contributed by atoms with Gasteiger partial charge in [0.15, 0.2) is 5.13 Å². The van der Waals surface area contributed by atoms with E-state index in [1.807, 2.05) is 59.3 Å². The Kier molecular flexibility index (Phi) is 7.36. The molecule has 4 rings (SSSR count). The van der Waals surface area contributed by atoms with Gasteiger partial charge in [-0.2, -0.15) is 0 Å². The highest BCUT2D eigenvalue weighted by Crippen LogP contribution is 2.28. The highest BCUT2D eigenvalue weighted by molar-refractivity contribution is 7.22. The monoisotopic (exact) mass is 467 g/mol. The Labute approximate surface area is 197 Å². The standard InChI is InChI=1S/C23H29N7O2S/c1-17(31)30-15-13-29(14-16-30)12-6-11-24-22(32)27-23-25-19-9-10-20(26-21(19)33-23)28(2)18-7-4-3-5-8-18/h3-5,7-10H,6,11-16H2,1-2H3,(H2,24,25,27,32). The third kappa shape index (κ3) is 5.96. The average Bonchev–Trinajstić information content (AvgIpc) is 3.23. The lowest BCUT2D eigenvalue weighted by molar-refractivity contribution is -0.130. The van der Waals surface area contributed by atoms with Crippen molar-refractivity contribution in [3.8, 4) is 0 Å². The van der Waals surface area contributed by atoms with Gasteiger partial charge in [0.05, 0.1) is 0 Å². The van der Waals surface area contributed by atoms with Gasteiger partial charge in [-0.3, -0.25) is 15.0 Å². The quantitative estimate of drug-likeness (QED) is 0.519. The normalized spacial score (nSPS) is 14.3. The summed E-state index contributed by atoms with van der Waals surface area (Å²) in [6.07, 6.45) is 0.851. The number of thiazole rings is 1. The van der Waals surface area contributed by atoms with Gasteiger partial charge in [-0.05, 0) is 37.2 Å². The molecule has 10 heteroatoms. The van der Waals surface area contributed by atoms with Crippen molar-refractivity contribution in [1.29, 1.82) is 0 Å². The zero-order valence-corrected chi connectivity index (χ0v) is 19.8. The number of amides is 3. The summed E-state index contributed by atoms with van der Waals surface area (Å²) in [5.41, 5.74) is 1.80. The Morgan fingerprint density at radius 1 is 1.06 bits per heavy atom. The summed E-state index contributed by atoms with van der Waals surface area (Å²) in [5, 5.41) is 6.23. The lowest BCUT2D eigenvalue weighted by Crippen LogP contribution is -2.48. The Hall–Kier alpha value is -3.24. The van der Waals surface area contributed by atoms with Crippen LogP contribution in [0.3, 0.4) is 0 Å². The fourth-order valence-electron chi connectivity index (χ4n) is 3.76. The van der Waals surface area contributed by atoms with Gasteiger partial charge in [0.2, 0.25) is 5.91 Å². The number of benzene rings is 1. The van der Waals surface area contributed by atoms with Gasteiger partial charge < -0.3 is 15.1 Å². The van der Waals surface area contributed by atoms with Crippen molar-refractivity contribution in [2.24, 2.45) is 0 Å². The van der Waals surface area contributed by atoms with Gasteiger partial charge in [0.1, 0.15) is 16.2 Å². The molecular formula is C23H29N7O2S. The van der Waals surface area contributed by atoms with Gasteiger partial charge in [-0.1, -0.05) is 29.5 Å². The fourth-order valence-corrected chi connectivity index (χ4v) is 4.59. The van der Waals surface area contributed by atoms with Crippen LogP contribution in [0.1, 0.15) is 13.3 Å². The Morgan fingerprint density at radius 2 is 1.82 bits per heavy atom. The van der Waals surface area contributed by atoms with E-state index >= 15 is 0 Å². The lowest BCUT2D eigenvalue weighted by Gasteiger charge is -2.34. The van der Waals surface area contributed by atoms with Crippen molar-refractivity contribution in [1.82, 2.24) is 25.1 Å². The van der Waals surface area contributed by atoms with Crippen LogP contribution in [0, 0.1) is 0 Å². The van der Waals surface area contributed by atoms with Gasteiger partial charge >= 0.3 is 6.03 Å². The van der Waals surface area contributed by atoms with Crippen LogP contribution in [0.5, 0.6) is 0 Å². The number of pyridine rings is 1. The topological polar surface area (TPSA) is 93.7 Å². The van der Waals surface area contributed by atoms with Crippen LogP contribution in [-0.4, -0.2) is 78.0 Å². The van der Waals surface area contributed by atoms with Crippen molar-refractivity contribution < 1.29 is 9.59 Å². The number of nitrogens with one attached hydrogen (secondary N) is 2. The molecule has 3 heterocycles. The number of aromatic nitrogens is 2. The van der Waals surface area contributed by atoms with E-state index in [0.29, 0.717) is 11.7 Å². The van der Waals surface area contributed by atoms with E-state index in [0.717, 1.165) is 61.0 Å². The summed E-state index contributed by atoms with van der Waals surface area (Å²) < 4.78 is 0. The van der Waals surface area contributed by atoms with E-state index in [1.54, 1.807) is 6.92 Å². The van der Waals surface area contributed by atoms with Crippen LogP contribution in [0.25, 0.3) is 10.3 Å². The number of rotatable bonds is 7. The molecular weight excluding hydrogens is 438 g/mol. The van der Waals surface area contributed by atoms with Crippen molar-refractivity contribution >= 4 is 50.3 Å². The molecule has 0 atom stereocenters. The number of hydrogen-bond acceptors (Lipinski definition) is 7. The maximum absolute atomic E-state index is 12.3. The molecule has 0 spiro atoms. The molecule has 3 amide bonds. The van der Waals surface area contributed by atoms with Gasteiger partial charge in [0, 0.05) is 52.4 Å². The van der Waals surface area contributed by atoms with E-state index in [-0.39, 0.29) is 11.9 Å². The summed E-state index contributed by atoms with van der Waals surface area (Å²) >= 11 is 1.36. The number of piperazine rings is 1. The van der Waals surface area contributed by atoms with Crippen LogP contribution < -0.4 is 15.5 Å². The Balaban J connectivity index is 1.24. The van der Waals surface area contributed by atoms with E-state index in [1.165, 1.54) is 11.3 Å². The molecule has 0 bridgehead atoms. The molecule has 2 aromatic heterocycles. The Bertz CT molecular complexity index is 1100. The molecule has 1 aliphatic rings. The first-order chi connectivity index (χ1) is 16.0. The van der Waals surface area contributed by atoms with Crippen LogP contribution in [-0.2, 0) is 4.79 Å². The number of para-hydroxylation sites is 1. The fraction of sp³-hybridized carbons (Fsp3) is 0.391. The third-order valence-corrected chi connectivity index (χ3v) is 6.58. The molecule has 1 aliphatic heterocycles. The first-order valence-electron chi connectivity index (χ1n) is 11.1. The molecule has 2 N–H and O–H groups in total. The predicted octanol–water partition coefficient (Wildman–Crippen LogP) is 3.13. The molecule has 0 saturated carbocycles. The third-order valence-electron chi connectivity index (χ3n) is 5.70. The predicted molar refractivity (Wildman–Crippen MR) is 132 cm³/mol. The number of carbonyl (C=O) groups excluding carboxylic acids is 2. The second-order valence-corrected chi connectivity index (χ2v) is 8.97. The number of hydrogen-bond donors (Lipinski definition) is 2. The molecule has 0 radical (unpaired) electrons. The number of anilines is 3. The van der Waals surface area contributed by atoms with E-state index in [2.05, 4.69) is 20.5 Å². The molecule has 0 aliphatic carbocycles. The van der Waals surface area contributed by atoms with Gasteiger partial charge in [-0.25, -0.2) is 14.8 Å². The maximum atomic E-state index is 12.3. The average molecular weight is 468 g/mol. The maximum Gasteiger partial charge on any atom is 0.321 e. The second kappa shape index (κ2) is 10.6. The minimum absolute atomic E-state index is 0.137. The van der Waals surface area contributed by atoms with Crippen molar-refractivity contribution in [2.75, 3.05) is 56.5 Å². The molecule has 1 saturated heterocycles. The van der Waals surface area contributed by atoms with Gasteiger partial charge in [0.25, 0.3) is 0 Å². The zero-order chi connectivity index (χ0) is 23.2. The van der Waals surface area contributed by atoms with Crippen molar-refractivity contribution in [3.63, 3.8) is 0 Å². The number of carbonyl (C=O) groups is 2. The zero-order valence-electron chi connectivity index (χ0n) is 19.0. The summed E-state index contributed by atoms with van der Waals surface area (Å²) in [6, 6.07) is 13.6. The minimum Gasteiger partial charge on any atom is -0.340 e. The first kappa shape index (κ1) is 22.9. The van der Waals surface area contributed by atoms with Crippen molar-refractivity contribution in [2.45, 2.75) is 13.3 Å². The Morgan fingerprint density at radius 3 is 2.55 bits per heavy atom. The lowest BCUT2D eigenvalue weighted by atomic mass is 10.3. The molecule has 1 aromatic carbocycles. The van der Waals surface area contributed by atoms with Gasteiger partial charge in [-0.15, -0.1) is 0 Å². The molecule has 3 aromatic rings. The summed E-state index contributed by atoms with van der Waals surface area (Å²) in [7, 11) is 1.97. The highest BCUT2D eigenvalue weighted by Gasteiger charge is 2.18. The summed E-state index contributed by atoms with van der Waals surface area (Å²) in [4.78, 5) is 39.8. The number of fused-ring (bicyclic) bond motifs is 1. The van der Waals surface area contributed by atoms with E-state index in [9.17, 15) is 9.59 Å². The van der Waals surface area contributed by atoms with Crippen LogP contribution in [0.15, 0.2) is 42.5 Å². The van der Waals surface area contributed by atoms with Crippen LogP contribution in [0.4, 0.5) is 21.4 Å². The van der Waals surface area contributed by atoms with Crippen molar-refractivity contribution in [3.05, 3.63) is 42.5 Å². The first-order valence-corrected chi connectivity index (χ1v) is 11.9. The number of nitrogens with zero attached hydrogens (tertiary/aromatic N) is 5. The van der Waals surface area contributed by atoms with Crippen LogP contribution >= 0.6 is 11.3 Å². The van der Waals surface area contributed by atoms with E-state index in [4.69, 9.17) is 4.98 Å². The molecule has 0 unspecified atom stereocenters. The molecule has 1 fully saturated rings. The highest BCUT2D eigenvalue weighted by atomic mass is 32.1. The molecule has 174 valence electrons. The van der Waals surface area contributed by atoms with E-state index < -0.39 is 0 Å². The smallest absolute Gasteiger partial charge is 0.321 e. The summed E-state index contributed by atoms with van der Waals surface area (Å²) in [5.74, 6) is 0.954. The SMILES string of the molecule is CC(=O)N1CCN(CCCNC(=O)Nc2nc3ccc(N(C)c4ccccc4)nc3s2)CC1. The summed E-state index contributed by atoms with van der Waals surface area (Å²) in [6.45, 7) is 6.40. The van der Waals surface area contributed by atoms with Crippen LogP contribution in [0.2, 0.25) is 0 Å². The minimum atomic E-state index is -0.267.